The third kappa shape index (κ3) is 1.90. The predicted molar refractivity (Wildman–Crippen MR) is 57.3 cm³/mol. The molecule has 1 nitrogen and oxygen atoms in total. The highest BCUT2D eigenvalue weighted by atomic mass is 35.5. The Balaban J connectivity index is 3.31. The fourth-order valence-electron chi connectivity index (χ4n) is 1.20. The molecule has 0 atom stereocenters. The summed E-state index contributed by atoms with van der Waals surface area (Å²) in [5, 5.41) is 0.0644. The molecule has 1 aromatic rings. The molecule has 3 heteroatoms. The largest absolute Gasteiger partial charge is 0.493 e. The van der Waals surface area contributed by atoms with Gasteiger partial charge in [0.25, 0.3) is 0 Å². The third-order valence-electron chi connectivity index (χ3n) is 2.06. The molecule has 0 heterocycles. The summed E-state index contributed by atoms with van der Waals surface area (Å²) in [6.45, 7) is 5.79. The average Bonchev–Trinajstić information content (AvgIpc) is 2.20. The van der Waals surface area contributed by atoms with Crippen LogP contribution in [0.5, 0.6) is 5.75 Å². The first kappa shape index (κ1) is 11.1. The van der Waals surface area contributed by atoms with Crippen LogP contribution in [0.15, 0.2) is 18.7 Å². The van der Waals surface area contributed by atoms with E-state index < -0.39 is 5.82 Å². The van der Waals surface area contributed by atoms with Crippen LogP contribution in [0.1, 0.15) is 18.9 Å². The fourth-order valence-corrected chi connectivity index (χ4v) is 1.35. The summed E-state index contributed by atoms with van der Waals surface area (Å²) < 4.78 is 18.4. The van der Waals surface area contributed by atoms with Crippen molar-refractivity contribution < 1.29 is 9.13 Å². The van der Waals surface area contributed by atoms with Crippen LogP contribution in [0.25, 0.3) is 5.57 Å². The summed E-state index contributed by atoms with van der Waals surface area (Å²) >= 11 is 5.63. The molecular weight excluding hydrogens is 203 g/mol. The molecule has 0 bridgehead atoms. The standard InChI is InChI=1S/C11H12ClFO/c1-4-7(2)8-5-6-9(12)10(13)11(8)14-3/h5-6H,2,4H2,1,3H3. The molecule has 0 fully saturated rings. The molecule has 0 radical (unpaired) electrons. The lowest BCUT2D eigenvalue weighted by molar-refractivity contribution is 0.385. The minimum absolute atomic E-state index is 0.0644. The molecule has 0 saturated carbocycles. The van der Waals surface area contributed by atoms with Crippen molar-refractivity contribution in [1.82, 2.24) is 0 Å². The SMILES string of the molecule is C=C(CC)c1ccc(Cl)c(F)c1OC. The molecule has 76 valence electrons. The van der Waals surface area contributed by atoms with E-state index in [2.05, 4.69) is 6.58 Å². The smallest absolute Gasteiger partial charge is 0.184 e. The number of methoxy groups -OCH3 is 1. The molecule has 0 N–H and O–H groups in total. The number of benzene rings is 1. The fraction of sp³-hybridized carbons (Fsp3) is 0.273. The van der Waals surface area contributed by atoms with Crippen molar-refractivity contribution in [3.63, 3.8) is 0 Å². The van der Waals surface area contributed by atoms with Gasteiger partial charge in [0.2, 0.25) is 0 Å². The molecule has 0 aromatic heterocycles. The highest BCUT2D eigenvalue weighted by Gasteiger charge is 2.13. The molecule has 1 aromatic carbocycles. The van der Waals surface area contributed by atoms with Crippen molar-refractivity contribution in [3.05, 3.63) is 35.1 Å². The maximum Gasteiger partial charge on any atom is 0.184 e. The van der Waals surface area contributed by atoms with Gasteiger partial charge in [0, 0.05) is 5.56 Å². The number of hydrogen-bond acceptors (Lipinski definition) is 1. The molecule has 0 spiro atoms. The molecule has 1 rings (SSSR count). The van der Waals surface area contributed by atoms with Gasteiger partial charge in [-0.1, -0.05) is 25.1 Å². The van der Waals surface area contributed by atoms with Crippen molar-refractivity contribution in [2.45, 2.75) is 13.3 Å². The zero-order chi connectivity index (χ0) is 10.7. The molecular formula is C11H12ClFO. The van der Waals surface area contributed by atoms with Crippen molar-refractivity contribution in [2.75, 3.05) is 7.11 Å². The van der Waals surface area contributed by atoms with Gasteiger partial charge in [-0.3, -0.25) is 0 Å². The van der Waals surface area contributed by atoms with Crippen LogP contribution >= 0.6 is 11.6 Å². The van der Waals surface area contributed by atoms with E-state index in [9.17, 15) is 4.39 Å². The topological polar surface area (TPSA) is 9.23 Å². The monoisotopic (exact) mass is 214 g/mol. The molecule has 0 saturated heterocycles. The van der Waals surface area contributed by atoms with E-state index in [-0.39, 0.29) is 10.8 Å². The second-order valence-electron chi connectivity index (χ2n) is 2.90. The van der Waals surface area contributed by atoms with E-state index in [1.807, 2.05) is 6.92 Å². The lowest BCUT2D eigenvalue weighted by atomic mass is 10.0. The first-order chi connectivity index (χ1) is 6.61. The first-order valence-electron chi connectivity index (χ1n) is 4.32. The molecule has 0 aliphatic heterocycles. The van der Waals surface area contributed by atoms with Gasteiger partial charge in [-0.05, 0) is 24.1 Å². The van der Waals surface area contributed by atoms with Gasteiger partial charge >= 0.3 is 0 Å². The molecule has 14 heavy (non-hydrogen) atoms. The molecule has 0 amide bonds. The quantitative estimate of drug-likeness (QED) is 0.741. The zero-order valence-electron chi connectivity index (χ0n) is 8.23. The van der Waals surface area contributed by atoms with Crippen molar-refractivity contribution in [1.29, 1.82) is 0 Å². The normalized spacial score (nSPS) is 10.0. The van der Waals surface area contributed by atoms with E-state index in [4.69, 9.17) is 16.3 Å². The summed E-state index contributed by atoms with van der Waals surface area (Å²) in [6.07, 6.45) is 0.747. The van der Waals surface area contributed by atoms with Crippen LogP contribution in [0.4, 0.5) is 4.39 Å². The maximum atomic E-state index is 13.5. The van der Waals surface area contributed by atoms with E-state index in [0.29, 0.717) is 5.56 Å². The van der Waals surface area contributed by atoms with Crippen molar-refractivity contribution >= 4 is 17.2 Å². The maximum absolute atomic E-state index is 13.5. The van der Waals surface area contributed by atoms with Crippen LogP contribution < -0.4 is 4.74 Å². The van der Waals surface area contributed by atoms with E-state index in [0.717, 1.165) is 12.0 Å². The summed E-state index contributed by atoms with van der Waals surface area (Å²) in [5.74, 6) is -0.356. The van der Waals surface area contributed by atoms with Crippen LogP contribution in [0, 0.1) is 5.82 Å². The molecule has 0 aliphatic rings. The minimum Gasteiger partial charge on any atom is -0.493 e. The number of rotatable bonds is 3. The highest BCUT2D eigenvalue weighted by molar-refractivity contribution is 6.31. The molecule has 0 aliphatic carbocycles. The van der Waals surface area contributed by atoms with Gasteiger partial charge in [-0.25, -0.2) is 4.39 Å². The summed E-state index contributed by atoms with van der Waals surface area (Å²) in [4.78, 5) is 0. The Morgan fingerprint density at radius 1 is 1.57 bits per heavy atom. The van der Waals surface area contributed by atoms with Crippen LogP contribution in [-0.4, -0.2) is 7.11 Å². The second kappa shape index (κ2) is 4.47. The summed E-state index contributed by atoms with van der Waals surface area (Å²) in [5.41, 5.74) is 1.51. The lowest BCUT2D eigenvalue weighted by Gasteiger charge is -2.11. The molecule has 0 unspecified atom stereocenters. The third-order valence-corrected chi connectivity index (χ3v) is 2.35. The first-order valence-corrected chi connectivity index (χ1v) is 4.69. The number of hydrogen-bond donors (Lipinski definition) is 0. The van der Waals surface area contributed by atoms with Gasteiger partial charge in [0.05, 0.1) is 12.1 Å². The average molecular weight is 215 g/mol. The minimum atomic E-state index is -0.527. The second-order valence-corrected chi connectivity index (χ2v) is 3.31. The Morgan fingerprint density at radius 2 is 2.21 bits per heavy atom. The summed E-state index contributed by atoms with van der Waals surface area (Å²) in [6, 6.07) is 3.23. The zero-order valence-corrected chi connectivity index (χ0v) is 8.99. The Hall–Kier alpha value is -1.02. The Morgan fingerprint density at radius 3 is 2.71 bits per heavy atom. The Bertz CT molecular complexity index is 361. The van der Waals surface area contributed by atoms with Gasteiger partial charge in [-0.2, -0.15) is 0 Å². The van der Waals surface area contributed by atoms with Crippen LogP contribution in [0.3, 0.4) is 0 Å². The highest BCUT2D eigenvalue weighted by Crippen LogP contribution is 2.33. The van der Waals surface area contributed by atoms with Crippen molar-refractivity contribution in [3.8, 4) is 5.75 Å². The summed E-state index contributed by atoms with van der Waals surface area (Å²) in [7, 11) is 1.42. The van der Waals surface area contributed by atoms with Gasteiger partial charge in [0.15, 0.2) is 11.6 Å². The predicted octanol–water partition coefficient (Wildman–Crippen LogP) is 3.91. The van der Waals surface area contributed by atoms with E-state index >= 15 is 0 Å². The van der Waals surface area contributed by atoms with Crippen molar-refractivity contribution in [2.24, 2.45) is 0 Å². The Kier molecular flexibility index (Phi) is 3.53. The lowest BCUT2D eigenvalue weighted by Crippen LogP contribution is -1.95. The number of halogens is 2. The van der Waals surface area contributed by atoms with Crippen LogP contribution in [0.2, 0.25) is 5.02 Å². The Labute approximate surface area is 88.1 Å². The van der Waals surface area contributed by atoms with Crippen LogP contribution in [-0.2, 0) is 0 Å². The van der Waals surface area contributed by atoms with Gasteiger partial charge in [-0.15, -0.1) is 0 Å². The van der Waals surface area contributed by atoms with Gasteiger partial charge in [0.1, 0.15) is 0 Å². The van der Waals surface area contributed by atoms with Gasteiger partial charge < -0.3 is 4.74 Å². The number of ether oxygens (including phenoxy) is 1. The van der Waals surface area contributed by atoms with E-state index in [1.165, 1.54) is 13.2 Å². The number of allylic oxidation sites excluding steroid dienone is 1. The van der Waals surface area contributed by atoms with E-state index in [1.54, 1.807) is 6.07 Å².